The monoisotopic (exact) mass is 245 g/mol. The Kier molecular flexibility index (Phi) is 7.49. The maximum absolute atomic E-state index is 11.2. The normalized spacial score (nSPS) is 10.7. The number of Topliss-reactive ketones (excluding diaryl/α,β-unsaturated/α-hetero) is 1. The molecule has 0 saturated carbocycles. The molecule has 0 aromatic heterocycles. The molecular formula is C10H19N3O4. The molecule has 0 rings (SSSR count). The van der Waals surface area contributed by atoms with Crippen LogP contribution in [0.2, 0.25) is 0 Å². The van der Waals surface area contributed by atoms with Crippen LogP contribution in [-0.4, -0.2) is 49.5 Å². The third kappa shape index (κ3) is 7.15. The van der Waals surface area contributed by atoms with E-state index in [0.29, 0.717) is 6.61 Å². The molecule has 0 radical (unpaired) electrons. The van der Waals surface area contributed by atoms with E-state index in [1.54, 1.807) is 20.9 Å². The number of hydrogen-bond acceptors (Lipinski definition) is 5. The Morgan fingerprint density at radius 2 is 1.94 bits per heavy atom. The second-order valence-corrected chi connectivity index (χ2v) is 3.24. The molecule has 17 heavy (non-hydrogen) atoms. The predicted octanol–water partition coefficient (Wildman–Crippen LogP) is 0.561. The number of nitrogens with zero attached hydrogens (tertiary/aromatic N) is 2. The molecule has 0 aliphatic carbocycles. The van der Waals surface area contributed by atoms with Crippen LogP contribution in [0.25, 0.3) is 0 Å². The van der Waals surface area contributed by atoms with Crippen molar-refractivity contribution in [3.63, 3.8) is 0 Å². The number of carbonyl (C=O) groups is 2. The first-order valence-electron chi connectivity index (χ1n) is 5.35. The highest BCUT2D eigenvalue weighted by Crippen LogP contribution is 1.90. The number of oxime groups is 1. The van der Waals surface area contributed by atoms with Crippen molar-refractivity contribution in [2.75, 3.05) is 26.8 Å². The fourth-order valence-electron chi connectivity index (χ4n) is 0.981. The van der Waals surface area contributed by atoms with Gasteiger partial charge in [-0.05, 0) is 25.9 Å². The zero-order valence-electron chi connectivity index (χ0n) is 10.6. The molecule has 98 valence electrons. The topological polar surface area (TPSA) is 80.2 Å². The number of likely N-dealkylation sites (N-methyl/N-ethyl adjacent to an activating group) is 1. The number of carbonyl (C=O) groups excluding carboxylic acids is 2. The first-order valence-corrected chi connectivity index (χ1v) is 5.35. The third-order valence-electron chi connectivity index (χ3n) is 1.59. The molecule has 0 aromatic rings. The average Bonchev–Trinajstić information content (AvgIpc) is 2.23. The van der Waals surface area contributed by atoms with E-state index in [2.05, 4.69) is 10.5 Å². The van der Waals surface area contributed by atoms with Gasteiger partial charge in [0.25, 0.3) is 0 Å². The van der Waals surface area contributed by atoms with Crippen LogP contribution in [0.1, 0.15) is 20.8 Å². The van der Waals surface area contributed by atoms with Crippen molar-refractivity contribution in [2.45, 2.75) is 20.8 Å². The molecule has 0 atom stereocenters. The Labute approximate surface area is 101 Å². The minimum absolute atomic E-state index is 0.0534. The van der Waals surface area contributed by atoms with Crippen molar-refractivity contribution in [1.29, 1.82) is 0 Å². The van der Waals surface area contributed by atoms with Gasteiger partial charge in [0.1, 0.15) is 12.4 Å². The number of rotatable bonds is 5. The number of guanidine groups is 1. The van der Waals surface area contributed by atoms with Crippen LogP contribution >= 0.6 is 0 Å². The minimum Gasteiger partial charge on any atom is -0.450 e. The minimum atomic E-state index is -0.638. The Hall–Kier alpha value is -1.79. The van der Waals surface area contributed by atoms with Crippen molar-refractivity contribution in [2.24, 2.45) is 5.16 Å². The summed E-state index contributed by atoms with van der Waals surface area (Å²) in [4.78, 5) is 28.5. The summed E-state index contributed by atoms with van der Waals surface area (Å²) in [6.45, 7) is 5.64. The quantitative estimate of drug-likeness (QED) is 0.435. The van der Waals surface area contributed by atoms with Gasteiger partial charge in [0.05, 0.1) is 13.2 Å². The molecule has 0 heterocycles. The van der Waals surface area contributed by atoms with Crippen molar-refractivity contribution < 1.29 is 19.2 Å². The molecule has 1 N–H and O–H groups in total. The second kappa shape index (κ2) is 8.37. The largest absolute Gasteiger partial charge is 0.450 e. The van der Waals surface area contributed by atoms with Crippen LogP contribution < -0.4 is 5.32 Å². The lowest BCUT2D eigenvalue weighted by Crippen LogP contribution is -2.44. The summed E-state index contributed by atoms with van der Waals surface area (Å²) in [7, 11) is 1.62. The number of ether oxygens (including phenoxy) is 1. The summed E-state index contributed by atoms with van der Waals surface area (Å²) < 4.78 is 4.71. The van der Waals surface area contributed by atoms with Gasteiger partial charge in [-0.3, -0.25) is 10.1 Å². The number of amides is 1. The van der Waals surface area contributed by atoms with E-state index in [1.165, 1.54) is 11.8 Å². The third-order valence-corrected chi connectivity index (χ3v) is 1.59. The lowest BCUT2D eigenvalue weighted by atomic mass is 10.4. The number of hydrogen-bond donors (Lipinski definition) is 1. The summed E-state index contributed by atoms with van der Waals surface area (Å²) >= 11 is 0. The number of alkyl carbamates (subject to hydrolysis) is 1. The first-order chi connectivity index (χ1) is 8.01. The Morgan fingerprint density at radius 3 is 2.41 bits per heavy atom. The van der Waals surface area contributed by atoms with Gasteiger partial charge in [-0.15, -0.1) is 0 Å². The number of nitrogens with one attached hydrogen (secondary N) is 1. The Bertz CT molecular complexity index is 291. The van der Waals surface area contributed by atoms with Crippen molar-refractivity contribution in [3.05, 3.63) is 0 Å². The van der Waals surface area contributed by atoms with Crippen LogP contribution in [0.4, 0.5) is 4.79 Å². The lowest BCUT2D eigenvalue weighted by Gasteiger charge is -2.19. The number of ketones is 1. The van der Waals surface area contributed by atoms with E-state index in [9.17, 15) is 9.59 Å². The SMILES string of the molecule is CCO/N=C(\NC(=O)OCC)N(C)CC(C)=O. The van der Waals surface area contributed by atoms with Crippen LogP contribution in [-0.2, 0) is 14.4 Å². The van der Waals surface area contributed by atoms with Gasteiger partial charge in [-0.25, -0.2) is 4.79 Å². The lowest BCUT2D eigenvalue weighted by molar-refractivity contribution is -0.117. The molecule has 0 saturated heterocycles. The molecule has 7 heteroatoms. The van der Waals surface area contributed by atoms with E-state index in [0.717, 1.165) is 0 Å². The highest BCUT2D eigenvalue weighted by Gasteiger charge is 2.13. The Morgan fingerprint density at radius 1 is 1.29 bits per heavy atom. The van der Waals surface area contributed by atoms with Crippen molar-refractivity contribution in [1.82, 2.24) is 10.2 Å². The fraction of sp³-hybridized carbons (Fsp3) is 0.700. The van der Waals surface area contributed by atoms with E-state index >= 15 is 0 Å². The predicted molar refractivity (Wildman–Crippen MR) is 62.5 cm³/mol. The average molecular weight is 245 g/mol. The summed E-state index contributed by atoms with van der Waals surface area (Å²) in [6.07, 6.45) is -0.638. The van der Waals surface area contributed by atoms with Crippen LogP contribution in [0, 0.1) is 0 Å². The summed E-state index contributed by atoms with van der Waals surface area (Å²) in [6, 6.07) is 0. The van der Waals surface area contributed by atoms with E-state index in [4.69, 9.17) is 9.57 Å². The molecule has 0 unspecified atom stereocenters. The van der Waals surface area contributed by atoms with Gasteiger partial charge < -0.3 is 14.5 Å². The standard InChI is InChI=1S/C10H19N3O4/c1-5-16-10(15)11-9(12-17-6-2)13(4)7-8(3)14/h5-7H2,1-4H3,(H,11,12,15). The molecule has 0 aliphatic heterocycles. The molecule has 0 aliphatic rings. The smallest absolute Gasteiger partial charge is 0.414 e. The first kappa shape index (κ1) is 15.2. The molecule has 0 aromatic carbocycles. The maximum Gasteiger partial charge on any atom is 0.414 e. The summed E-state index contributed by atoms with van der Waals surface area (Å²) in [5, 5.41) is 6.09. The molecule has 7 nitrogen and oxygen atoms in total. The summed E-state index contributed by atoms with van der Waals surface area (Å²) in [5.74, 6) is 0.0860. The highest BCUT2D eigenvalue weighted by molar-refractivity contribution is 5.95. The van der Waals surface area contributed by atoms with Gasteiger partial charge in [-0.2, -0.15) is 0 Å². The molecular weight excluding hydrogens is 226 g/mol. The van der Waals surface area contributed by atoms with E-state index in [1.807, 2.05) is 0 Å². The van der Waals surface area contributed by atoms with Gasteiger partial charge in [0.15, 0.2) is 0 Å². The van der Waals surface area contributed by atoms with E-state index < -0.39 is 6.09 Å². The molecule has 0 bridgehead atoms. The van der Waals surface area contributed by atoms with Gasteiger partial charge >= 0.3 is 6.09 Å². The van der Waals surface area contributed by atoms with Crippen molar-refractivity contribution >= 4 is 17.8 Å². The van der Waals surface area contributed by atoms with Crippen LogP contribution in [0.3, 0.4) is 0 Å². The highest BCUT2D eigenvalue weighted by atomic mass is 16.6. The Balaban J connectivity index is 4.52. The van der Waals surface area contributed by atoms with Crippen molar-refractivity contribution in [3.8, 4) is 0 Å². The van der Waals surface area contributed by atoms with Gasteiger partial charge in [0.2, 0.25) is 5.96 Å². The second-order valence-electron chi connectivity index (χ2n) is 3.24. The zero-order chi connectivity index (χ0) is 13.3. The van der Waals surface area contributed by atoms with Crippen LogP contribution in [0.5, 0.6) is 0 Å². The molecule has 1 amide bonds. The maximum atomic E-state index is 11.2. The van der Waals surface area contributed by atoms with Crippen LogP contribution in [0.15, 0.2) is 5.16 Å². The zero-order valence-corrected chi connectivity index (χ0v) is 10.6. The van der Waals surface area contributed by atoms with Gasteiger partial charge in [0, 0.05) is 7.05 Å². The fourth-order valence-corrected chi connectivity index (χ4v) is 0.981. The van der Waals surface area contributed by atoms with E-state index in [-0.39, 0.29) is 24.9 Å². The molecule has 0 fully saturated rings. The molecule has 0 spiro atoms. The summed E-state index contributed by atoms with van der Waals surface area (Å²) in [5.41, 5.74) is 0. The van der Waals surface area contributed by atoms with Gasteiger partial charge in [-0.1, -0.05) is 0 Å².